The van der Waals surface area contributed by atoms with Gasteiger partial charge in [0.15, 0.2) is 17.4 Å². The number of aliphatic imine (C=N–C) groups is 1. The van der Waals surface area contributed by atoms with Crippen molar-refractivity contribution in [2.45, 2.75) is 76.3 Å². The van der Waals surface area contributed by atoms with Crippen LogP contribution in [-0.4, -0.2) is 76.7 Å². The van der Waals surface area contributed by atoms with Gasteiger partial charge in [-0.3, -0.25) is 14.4 Å². The number of likely N-dealkylation sites (tertiary alicyclic amines) is 1. The fraction of sp³-hybridized carbons (Fsp3) is 0.562. The molecular formula is C32H41N7O5. The lowest BCUT2D eigenvalue weighted by atomic mass is 9.62. The maximum absolute atomic E-state index is 13.8. The van der Waals surface area contributed by atoms with Crippen LogP contribution in [0.5, 0.6) is 5.88 Å². The van der Waals surface area contributed by atoms with Crippen molar-refractivity contribution in [3.05, 3.63) is 45.6 Å². The van der Waals surface area contributed by atoms with Gasteiger partial charge in [0.05, 0.1) is 23.8 Å². The number of anilines is 1. The van der Waals surface area contributed by atoms with Crippen LogP contribution in [0.4, 0.5) is 11.5 Å². The highest BCUT2D eigenvalue weighted by atomic mass is 16.5. The first kappa shape index (κ1) is 30.1. The number of likely N-dealkylation sites (N-methyl/N-ethyl adjacent to an activating group) is 1. The lowest BCUT2D eigenvalue weighted by Gasteiger charge is -2.38. The molecule has 1 spiro atoms. The average molecular weight is 604 g/mol. The molecule has 2 aromatic rings. The third-order valence-corrected chi connectivity index (χ3v) is 9.71. The van der Waals surface area contributed by atoms with E-state index in [1.807, 2.05) is 0 Å². The van der Waals surface area contributed by atoms with Gasteiger partial charge in [-0.2, -0.15) is 4.98 Å². The van der Waals surface area contributed by atoms with Crippen molar-refractivity contribution in [1.29, 1.82) is 0 Å². The Morgan fingerprint density at radius 1 is 1.16 bits per heavy atom. The Balaban J connectivity index is 1.33. The summed E-state index contributed by atoms with van der Waals surface area (Å²) in [5.41, 5.74) is 12.7. The van der Waals surface area contributed by atoms with E-state index in [4.69, 9.17) is 20.9 Å². The van der Waals surface area contributed by atoms with Crippen LogP contribution in [-0.2, 0) is 14.3 Å². The van der Waals surface area contributed by atoms with Crippen LogP contribution in [0.1, 0.15) is 81.6 Å². The fourth-order valence-corrected chi connectivity index (χ4v) is 6.97. The van der Waals surface area contributed by atoms with Crippen molar-refractivity contribution in [2.75, 3.05) is 39.1 Å². The second kappa shape index (κ2) is 12.6. The van der Waals surface area contributed by atoms with Crippen molar-refractivity contribution < 1.29 is 19.1 Å². The molecule has 0 bridgehead atoms. The number of ether oxygens (including phenoxy) is 2. The van der Waals surface area contributed by atoms with E-state index >= 15 is 0 Å². The number of rotatable bonds is 7. The number of hydrogen-bond donors (Lipinski definition) is 2. The van der Waals surface area contributed by atoms with Crippen molar-refractivity contribution in [1.82, 2.24) is 19.4 Å². The highest BCUT2D eigenvalue weighted by molar-refractivity contribution is 6.17. The molecule has 6 rings (SSSR count). The van der Waals surface area contributed by atoms with Gasteiger partial charge < -0.3 is 30.4 Å². The Labute approximate surface area is 256 Å². The molecule has 2 aromatic heterocycles. The molecule has 0 radical (unpaired) electrons. The quantitative estimate of drug-likeness (QED) is 0.273. The lowest BCUT2D eigenvalue weighted by molar-refractivity contribution is -0.143. The monoisotopic (exact) mass is 603 g/mol. The summed E-state index contributed by atoms with van der Waals surface area (Å²) in [5, 5.41) is 0. The minimum atomic E-state index is -0.985. The number of nitrogen functional groups attached to an aromatic ring is 1. The summed E-state index contributed by atoms with van der Waals surface area (Å²) >= 11 is 0. The van der Waals surface area contributed by atoms with E-state index < -0.39 is 5.41 Å². The first-order chi connectivity index (χ1) is 21.3. The minimum absolute atomic E-state index is 0.0164. The summed E-state index contributed by atoms with van der Waals surface area (Å²) in [7, 11) is 2.07. The molecule has 0 amide bonds. The molecule has 12 heteroatoms. The van der Waals surface area contributed by atoms with Gasteiger partial charge in [0.25, 0.3) is 5.56 Å². The number of nitrogens with two attached hydrogens (primary N) is 2. The van der Waals surface area contributed by atoms with Gasteiger partial charge in [-0.15, -0.1) is 0 Å². The zero-order valence-corrected chi connectivity index (χ0v) is 25.3. The predicted molar refractivity (Wildman–Crippen MR) is 166 cm³/mol. The molecule has 0 aromatic carbocycles. The molecule has 4 fully saturated rings. The molecule has 234 valence electrons. The second-order valence-corrected chi connectivity index (χ2v) is 12.4. The maximum atomic E-state index is 13.8. The third-order valence-electron chi connectivity index (χ3n) is 9.71. The summed E-state index contributed by atoms with van der Waals surface area (Å²) in [5.74, 6) is 0.472. The highest BCUT2D eigenvalue weighted by Gasteiger charge is 2.49. The summed E-state index contributed by atoms with van der Waals surface area (Å²) in [6.07, 6.45) is 10.4. The molecule has 44 heavy (non-hydrogen) atoms. The molecule has 3 atom stereocenters. The maximum Gasteiger partial charge on any atom is 0.274 e. The van der Waals surface area contributed by atoms with Crippen molar-refractivity contribution in [3.8, 4) is 5.88 Å². The van der Waals surface area contributed by atoms with Crippen LogP contribution in [0.2, 0.25) is 0 Å². The number of hydrogen-bond acceptors (Lipinski definition) is 11. The zero-order valence-electron chi connectivity index (χ0n) is 25.3. The average Bonchev–Trinajstić information content (AvgIpc) is 3.71. The summed E-state index contributed by atoms with van der Waals surface area (Å²) < 4.78 is 13.2. The fourth-order valence-electron chi connectivity index (χ4n) is 6.97. The number of carbonyl (C=O) groups excluding carboxylic acids is 2. The molecule has 2 saturated carbocycles. The van der Waals surface area contributed by atoms with E-state index in [1.54, 1.807) is 22.9 Å². The third kappa shape index (κ3) is 5.80. The predicted octanol–water partition coefficient (Wildman–Crippen LogP) is 2.96. The second-order valence-electron chi connectivity index (χ2n) is 12.4. The number of Topliss-reactive ketones (excluding diaryl/α,β-unsaturated/α-hetero) is 2. The van der Waals surface area contributed by atoms with Crippen molar-refractivity contribution >= 4 is 35.0 Å². The number of carbonyl (C=O) groups is 2. The Hall–Kier alpha value is -3.90. The van der Waals surface area contributed by atoms with E-state index in [-0.39, 0.29) is 58.1 Å². The van der Waals surface area contributed by atoms with E-state index in [2.05, 4.69) is 26.9 Å². The van der Waals surface area contributed by atoms with E-state index in [0.717, 1.165) is 38.6 Å². The van der Waals surface area contributed by atoms with Gasteiger partial charge in [0, 0.05) is 48.7 Å². The molecule has 2 saturated heterocycles. The van der Waals surface area contributed by atoms with E-state index in [9.17, 15) is 14.4 Å². The van der Waals surface area contributed by atoms with Gasteiger partial charge >= 0.3 is 0 Å². The lowest BCUT2D eigenvalue weighted by Crippen LogP contribution is -2.45. The van der Waals surface area contributed by atoms with Gasteiger partial charge in [-0.25, -0.2) is 9.98 Å². The van der Waals surface area contributed by atoms with Crippen molar-refractivity contribution in [3.63, 3.8) is 0 Å². The summed E-state index contributed by atoms with van der Waals surface area (Å²) in [4.78, 5) is 55.7. The van der Waals surface area contributed by atoms with Gasteiger partial charge in [-0.1, -0.05) is 6.42 Å². The molecule has 12 nitrogen and oxygen atoms in total. The van der Waals surface area contributed by atoms with Gasteiger partial charge in [-0.05, 0) is 71.0 Å². The Bertz CT molecular complexity index is 1560. The van der Waals surface area contributed by atoms with Gasteiger partial charge in [0.2, 0.25) is 5.88 Å². The normalized spacial score (nSPS) is 27.5. The van der Waals surface area contributed by atoms with E-state index in [0.29, 0.717) is 63.1 Å². The molecule has 4 heterocycles. The molecule has 0 unspecified atom stereocenters. The van der Waals surface area contributed by atoms with Crippen LogP contribution in [0.25, 0.3) is 5.70 Å². The Morgan fingerprint density at radius 3 is 2.75 bits per heavy atom. The number of aromatic nitrogens is 3. The number of ketones is 2. The van der Waals surface area contributed by atoms with Crippen LogP contribution >= 0.6 is 0 Å². The van der Waals surface area contributed by atoms with Gasteiger partial charge in [0.1, 0.15) is 18.1 Å². The molecule has 4 N–H and O–H groups in total. The standard InChI is InChI=1S/C32H41N7O5/c1-38-13-5-6-21(38)19-44-26-16-25(35-17-20-9-14-39(31(42)27(20)33)22-10-15-43-18-22)36-30(37-26)28(34)23-7-4-12-32(29(23)41)11-3-2-8-24(32)40/h9,14,16-17,21-22H,2-8,10-13,15,18-19,33-34H2,1H3/b28-23-,35-17+/t21-,22+,32+/m0/s1. The Morgan fingerprint density at radius 2 is 2.00 bits per heavy atom. The van der Waals surface area contributed by atoms with Crippen molar-refractivity contribution in [2.24, 2.45) is 16.1 Å². The molecule has 2 aliphatic heterocycles. The number of pyridine rings is 1. The molecule has 2 aliphatic carbocycles. The largest absolute Gasteiger partial charge is 0.476 e. The SMILES string of the molecule is CN1CCC[C@H]1COc1cc(/N=C/c2ccn([C@@H]3CCOC3)c(=O)c2N)nc(/C(N)=C2\CCC[C@@]3(CCCCC3=O)C2=O)n1. The van der Waals surface area contributed by atoms with E-state index in [1.165, 1.54) is 6.21 Å². The molecule has 4 aliphatic rings. The van der Waals surface area contributed by atoms with Crippen LogP contribution in [0.15, 0.2) is 33.7 Å². The topological polar surface area (TPSA) is 168 Å². The minimum Gasteiger partial charge on any atom is -0.476 e. The summed E-state index contributed by atoms with van der Waals surface area (Å²) in [6, 6.07) is 3.56. The Kier molecular flexibility index (Phi) is 8.64. The zero-order chi connectivity index (χ0) is 30.8. The molecular weight excluding hydrogens is 562 g/mol. The first-order valence-corrected chi connectivity index (χ1v) is 15.7. The number of allylic oxidation sites excluding steroid dienone is 1. The highest BCUT2D eigenvalue weighted by Crippen LogP contribution is 2.45. The first-order valence-electron chi connectivity index (χ1n) is 15.7. The summed E-state index contributed by atoms with van der Waals surface area (Å²) in [6.45, 7) is 2.53. The van der Waals surface area contributed by atoms with Crippen LogP contribution in [0.3, 0.4) is 0 Å². The van der Waals surface area contributed by atoms with Crippen LogP contribution < -0.4 is 21.8 Å². The van der Waals surface area contributed by atoms with Crippen LogP contribution in [0, 0.1) is 5.41 Å². The smallest absolute Gasteiger partial charge is 0.274 e. The number of nitrogens with zero attached hydrogens (tertiary/aromatic N) is 5.